The molecule has 4 heteroatoms. The van der Waals surface area contributed by atoms with Crippen LogP contribution in [0.3, 0.4) is 0 Å². The molecule has 86 valence electrons. The molecule has 0 unspecified atom stereocenters. The van der Waals surface area contributed by atoms with Crippen molar-refractivity contribution < 1.29 is 0 Å². The summed E-state index contributed by atoms with van der Waals surface area (Å²) >= 11 is 0. The molecule has 0 saturated heterocycles. The van der Waals surface area contributed by atoms with E-state index in [4.69, 9.17) is 0 Å². The molecule has 0 aromatic rings. The molecule has 0 spiro atoms. The summed E-state index contributed by atoms with van der Waals surface area (Å²) in [5, 5.41) is 13.7. The van der Waals surface area contributed by atoms with Crippen molar-refractivity contribution in [2.75, 3.05) is 26.2 Å². The lowest BCUT2D eigenvalue weighted by Gasteiger charge is -2.29. The summed E-state index contributed by atoms with van der Waals surface area (Å²) in [5.74, 6) is 0. The van der Waals surface area contributed by atoms with Gasteiger partial charge in [0, 0.05) is 0 Å². The van der Waals surface area contributed by atoms with Gasteiger partial charge in [-0.15, -0.1) is 0 Å². The lowest BCUT2D eigenvalue weighted by molar-refractivity contribution is 0.290. The molecule has 0 saturated carbocycles. The van der Waals surface area contributed by atoms with E-state index in [1.807, 2.05) is 0 Å². The SMILES string of the molecule is CCNC(NCC)C(NCC)NCC. The molecular formula is C10H26N4. The molecule has 0 aliphatic rings. The smallest absolute Gasteiger partial charge is 0.0866 e. The number of hydrogen-bond donors (Lipinski definition) is 4. The fourth-order valence-corrected chi connectivity index (χ4v) is 1.50. The van der Waals surface area contributed by atoms with Crippen molar-refractivity contribution in [3.63, 3.8) is 0 Å². The largest absolute Gasteiger partial charge is 0.300 e. The van der Waals surface area contributed by atoms with E-state index in [2.05, 4.69) is 49.0 Å². The van der Waals surface area contributed by atoms with E-state index < -0.39 is 0 Å². The van der Waals surface area contributed by atoms with Crippen molar-refractivity contribution in [2.45, 2.75) is 40.0 Å². The molecule has 0 aromatic carbocycles. The van der Waals surface area contributed by atoms with E-state index in [1.165, 1.54) is 0 Å². The third-order valence-electron chi connectivity index (χ3n) is 2.03. The first-order chi connectivity index (χ1) is 6.79. The second-order valence-electron chi connectivity index (χ2n) is 3.19. The van der Waals surface area contributed by atoms with Crippen LogP contribution in [0.15, 0.2) is 0 Å². The van der Waals surface area contributed by atoms with Gasteiger partial charge in [0.15, 0.2) is 0 Å². The van der Waals surface area contributed by atoms with Gasteiger partial charge in [0.05, 0.1) is 12.3 Å². The number of rotatable bonds is 9. The highest BCUT2D eigenvalue weighted by molar-refractivity contribution is 4.77. The minimum absolute atomic E-state index is 0.296. The highest BCUT2D eigenvalue weighted by Crippen LogP contribution is 1.86. The predicted octanol–water partition coefficient (Wildman–Crippen LogP) is 0.0766. The monoisotopic (exact) mass is 202 g/mol. The van der Waals surface area contributed by atoms with E-state index >= 15 is 0 Å². The van der Waals surface area contributed by atoms with Gasteiger partial charge in [0.25, 0.3) is 0 Å². The molecule has 4 N–H and O–H groups in total. The average molecular weight is 202 g/mol. The van der Waals surface area contributed by atoms with Crippen LogP contribution in [0.4, 0.5) is 0 Å². The lowest BCUT2D eigenvalue weighted by Crippen LogP contribution is -2.61. The summed E-state index contributed by atoms with van der Waals surface area (Å²) in [6.07, 6.45) is 0.592. The van der Waals surface area contributed by atoms with Crippen molar-refractivity contribution in [1.82, 2.24) is 21.3 Å². The van der Waals surface area contributed by atoms with E-state index in [-0.39, 0.29) is 0 Å². The summed E-state index contributed by atoms with van der Waals surface area (Å²) < 4.78 is 0. The van der Waals surface area contributed by atoms with Gasteiger partial charge in [0.2, 0.25) is 0 Å². The van der Waals surface area contributed by atoms with Crippen molar-refractivity contribution in [2.24, 2.45) is 0 Å². The molecule has 0 radical (unpaired) electrons. The van der Waals surface area contributed by atoms with Gasteiger partial charge in [-0.05, 0) is 26.2 Å². The van der Waals surface area contributed by atoms with Gasteiger partial charge in [-0.1, -0.05) is 27.7 Å². The Labute approximate surface area is 88.2 Å². The molecule has 0 amide bonds. The van der Waals surface area contributed by atoms with E-state index in [1.54, 1.807) is 0 Å². The maximum absolute atomic E-state index is 3.42. The topological polar surface area (TPSA) is 48.1 Å². The molecule has 0 fully saturated rings. The zero-order valence-corrected chi connectivity index (χ0v) is 9.98. The van der Waals surface area contributed by atoms with Crippen molar-refractivity contribution in [1.29, 1.82) is 0 Å². The quantitative estimate of drug-likeness (QED) is 0.400. The van der Waals surface area contributed by atoms with Crippen molar-refractivity contribution in [3.8, 4) is 0 Å². The Morgan fingerprint density at radius 2 is 0.786 bits per heavy atom. The highest BCUT2D eigenvalue weighted by atomic mass is 15.3. The van der Waals surface area contributed by atoms with Gasteiger partial charge < -0.3 is 0 Å². The molecule has 0 heterocycles. The fraction of sp³-hybridized carbons (Fsp3) is 1.00. The Morgan fingerprint density at radius 1 is 0.571 bits per heavy atom. The lowest BCUT2D eigenvalue weighted by atomic mass is 10.3. The van der Waals surface area contributed by atoms with Gasteiger partial charge in [-0.2, -0.15) is 0 Å². The third kappa shape index (κ3) is 5.54. The second-order valence-corrected chi connectivity index (χ2v) is 3.19. The van der Waals surface area contributed by atoms with Crippen LogP contribution in [-0.4, -0.2) is 38.5 Å². The fourth-order valence-electron chi connectivity index (χ4n) is 1.50. The van der Waals surface area contributed by atoms with Crippen molar-refractivity contribution in [3.05, 3.63) is 0 Å². The first-order valence-corrected chi connectivity index (χ1v) is 5.73. The third-order valence-corrected chi connectivity index (χ3v) is 2.03. The Hall–Kier alpha value is -0.160. The minimum atomic E-state index is 0.296. The predicted molar refractivity (Wildman–Crippen MR) is 62.3 cm³/mol. The first kappa shape index (κ1) is 13.8. The molecular weight excluding hydrogens is 176 g/mol. The van der Waals surface area contributed by atoms with Gasteiger partial charge >= 0.3 is 0 Å². The molecule has 0 bridgehead atoms. The molecule has 0 aliphatic heterocycles. The number of hydrogen-bond acceptors (Lipinski definition) is 4. The van der Waals surface area contributed by atoms with Crippen LogP contribution in [0.1, 0.15) is 27.7 Å². The van der Waals surface area contributed by atoms with Crippen LogP contribution in [0.25, 0.3) is 0 Å². The van der Waals surface area contributed by atoms with Crippen LogP contribution >= 0.6 is 0 Å². The standard InChI is InChI=1S/C10H26N4/c1-5-11-9(12-6-2)10(13-7-3)14-8-4/h9-14H,5-8H2,1-4H3. The highest BCUT2D eigenvalue weighted by Gasteiger charge is 2.16. The number of likely N-dealkylation sites (N-methyl/N-ethyl adjacent to an activating group) is 4. The van der Waals surface area contributed by atoms with Crippen LogP contribution in [0, 0.1) is 0 Å². The zero-order chi connectivity index (χ0) is 10.8. The summed E-state index contributed by atoms with van der Waals surface area (Å²) in [6, 6.07) is 0. The average Bonchev–Trinajstić information content (AvgIpc) is 2.17. The van der Waals surface area contributed by atoms with Gasteiger partial charge in [-0.3, -0.25) is 21.3 Å². The summed E-state index contributed by atoms with van der Waals surface area (Å²) in [7, 11) is 0. The van der Waals surface area contributed by atoms with Gasteiger partial charge in [0.1, 0.15) is 0 Å². The Balaban J connectivity index is 4.06. The summed E-state index contributed by atoms with van der Waals surface area (Å²) in [6.45, 7) is 12.4. The molecule has 0 atom stereocenters. The Bertz CT molecular complexity index is 92.7. The zero-order valence-electron chi connectivity index (χ0n) is 9.98. The van der Waals surface area contributed by atoms with Crippen molar-refractivity contribution >= 4 is 0 Å². The molecule has 14 heavy (non-hydrogen) atoms. The van der Waals surface area contributed by atoms with Crippen LogP contribution in [0.2, 0.25) is 0 Å². The first-order valence-electron chi connectivity index (χ1n) is 5.73. The van der Waals surface area contributed by atoms with Crippen LogP contribution in [0.5, 0.6) is 0 Å². The van der Waals surface area contributed by atoms with E-state index in [0.29, 0.717) is 12.3 Å². The van der Waals surface area contributed by atoms with E-state index in [9.17, 15) is 0 Å². The van der Waals surface area contributed by atoms with E-state index in [0.717, 1.165) is 26.2 Å². The maximum atomic E-state index is 3.42. The molecule has 0 aromatic heterocycles. The molecule has 0 aliphatic carbocycles. The summed E-state index contributed by atoms with van der Waals surface area (Å²) in [4.78, 5) is 0. The Morgan fingerprint density at radius 3 is 0.929 bits per heavy atom. The van der Waals surface area contributed by atoms with Gasteiger partial charge in [-0.25, -0.2) is 0 Å². The van der Waals surface area contributed by atoms with Crippen LogP contribution < -0.4 is 21.3 Å². The maximum Gasteiger partial charge on any atom is 0.0866 e. The van der Waals surface area contributed by atoms with Crippen LogP contribution in [-0.2, 0) is 0 Å². The normalized spacial score (nSPS) is 11.6. The molecule has 0 rings (SSSR count). The second kappa shape index (κ2) is 9.40. The minimum Gasteiger partial charge on any atom is -0.300 e. The Kier molecular flexibility index (Phi) is 9.29. The molecule has 4 nitrogen and oxygen atoms in total. The summed E-state index contributed by atoms with van der Waals surface area (Å²) in [5.41, 5.74) is 0. The number of nitrogens with one attached hydrogen (secondary N) is 4.